The van der Waals surface area contributed by atoms with Gasteiger partial charge in [-0.2, -0.15) is 0 Å². The average molecular weight is 347 g/mol. The van der Waals surface area contributed by atoms with E-state index < -0.39 is 6.04 Å². The van der Waals surface area contributed by atoms with Crippen LogP contribution in [0.1, 0.15) is 77.2 Å². The molecule has 0 saturated heterocycles. The van der Waals surface area contributed by atoms with Crippen LogP contribution in [-0.2, 0) is 10.2 Å². The highest BCUT2D eigenvalue weighted by molar-refractivity contribution is 5.97. The summed E-state index contributed by atoms with van der Waals surface area (Å²) in [5.41, 5.74) is 1.80. The van der Waals surface area contributed by atoms with E-state index in [0.717, 1.165) is 12.8 Å². The molecule has 0 fully saturated rings. The van der Waals surface area contributed by atoms with Gasteiger partial charge in [-0.05, 0) is 42.4 Å². The van der Waals surface area contributed by atoms with Crippen LogP contribution in [0.3, 0.4) is 0 Å². The van der Waals surface area contributed by atoms with Crippen molar-refractivity contribution >= 4 is 11.8 Å². The van der Waals surface area contributed by atoms with Gasteiger partial charge in [0.05, 0.1) is 0 Å². The lowest BCUT2D eigenvalue weighted by atomic mass is 9.86. The van der Waals surface area contributed by atoms with Crippen molar-refractivity contribution in [3.63, 3.8) is 0 Å². The molecule has 0 aromatic heterocycles. The third-order valence-corrected chi connectivity index (χ3v) is 4.36. The van der Waals surface area contributed by atoms with Crippen LogP contribution in [0.5, 0.6) is 0 Å². The monoisotopic (exact) mass is 346 g/mol. The average Bonchev–Trinajstić information content (AvgIpc) is 2.51. The van der Waals surface area contributed by atoms with E-state index in [1.165, 1.54) is 5.56 Å². The molecule has 0 bridgehead atoms. The number of nitrogens with one attached hydrogen (secondary N) is 2. The lowest BCUT2D eigenvalue weighted by Gasteiger charge is -2.24. The second-order valence-electron chi connectivity index (χ2n) is 8.22. The molecular weight excluding hydrogens is 312 g/mol. The molecule has 0 heterocycles. The van der Waals surface area contributed by atoms with E-state index in [4.69, 9.17) is 0 Å². The number of hydrogen-bond donors (Lipinski definition) is 2. The van der Waals surface area contributed by atoms with E-state index in [0.29, 0.717) is 5.56 Å². The molecule has 1 aromatic rings. The Kier molecular flexibility index (Phi) is 7.65. The highest BCUT2D eigenvalue weighted by Crippen LogP contribution is 2.22. The minimum atomic E-state index is -0.533. The van der Waals surface area contributed by atoms with Crippen molar-refractivity contribution in [2.45, 2.75) is 78.8 Å². The van der Waals surface area contributed by atoms with Crippen molar-refractivity contribution in [3.05, 3.63) is 35.4 Å². The zero-order valence-electron chi connectivity index (χ0n) is 16.8. The zero-order chi connectivity index (χ0) is 19.2. The van der Waals surface area contributed by atoms with Gasteiger partial charge in [-0.25, -0.2) is 0 Å². The van der Waals surface area contributed by atoms with Crippen LogP contribution in [0.4, 0.5) is 0 Å². The second kappa shape index (κ2) is 9.02. The molecule has 1 aromatic carbocycles. The van der Waals surface area contributed by atoms with Crippen molar-refractivity contribution in [1.29, 1.82) is 0 Å². The van der Waals surface area contributed by atoms with Gasteiger partial charge in [0.2, 0.25) is 5.91 Å². The lowest BCUT2D eigenvalue weighted by molar-refractivity contribution is -0.124. The molecule has 0 aliphatic heterocycles. The molecule has 0 aliphatic rings. The van der Waals surface area contributed by atoms with Gasteiger partial charge in [0.15, 0.2) is 0 Å². The molecule has 0 saturated carbocycles. The van der Waals surface area contributed by atoms with Crippen molar-refractivity contribution in [3.8, 4) is 0 Å². The van der Waals surface area contributed by atoms with Gasteiger partial charge in [-0.3, -0.25) is 9.59 Å². The number of benzene rings is 1. The first-order valence-electron chi connectivity index (χ1n) is 9.28. The fraction of sp³-hybridized carbons (Fsp3) is 0.619. The van der Waals surface area contributed by atoms with Crippen LogP contribution < -0.4 is 10.6 Å². The topological polar surface area (TPSA) is 58.2 Å². The predicted molar refractivity (Wildman–Crippen MR) is 104 cm³/mol. The summed E-state index contributed by atoms with van der Waals surface area (Å²) < 4.78 is 0. The molecule has 2 N–H and O–H groups in total. The molecule has 0 spiro atoms. The van der Waals surface area contributed by atoms with Gasteiger partial charge in [0, 0.05) is 11.6 Å². The maximum absolute atomic E-state index is 12.5. The standard InChI is InChI=1S/C21H34N2O2/c1-8-9-15(4)22-20(25)18(14(2)3)23-19(24)16-10-12-17(13-11-16)21(5,6)7/h10-15,18H,8-9H2,1-7H3,(H,22,25)(H,23,24). The van der Waals surface area contributed by atoms with Crippen molar-refractivity contribution < 1.29 is 9.59 Å². The van der Waals surface area contributed by atoms with E-state index in [9.17, 15) is 9.59 Å². The minimum absolute atomic E-state index is 0.0200. The lowest BCUT2D eigenvalue weighted by Crippen LogP contribution is -2.51. The first kappa shape index (κ1) is 21.2. The third kappa shape index (κ3) is 6.52. The van der Waals surface area contributed by atoms with Crippen LogP contribution in [0.15, 0.2) is 24.3 Å². The maximum atomic E-state index is 12.5. The fourth-order valence-corrected chi connectivity index (χ4v) is 2.72. The summed E-state index contributed by atoms with van der Waals surface area (Å²) in [4.78, 5) is 25.0. The molecule has 0 radical (unpaired) electrons. The van der Waals surface area contributed by atoms with Crippen molar-refractivity contribution in [2.24, 2.45) is 5.92 Å². The van der Waals surface area contributed by atoms with Crippen LogP contribution in [0, 0.1) is 5.92 Å². The predicted octanol–water partition coefficient (Wildman–Crippen LogP) is 4.04. The Balaban J connectivity index is 2.81. The molecule has 0 aliphatic carbocycles. The Labute approximate surface area is 152 Å². The van der Waals surface area contributed by atoms with E-state index >= 15 is 0 Å². The Morgan fingerprint density at radius 1 is 1.00 bits per heavy atom. The molecule has 140 valence electrons. The molecular formula is C21H34N2O2. The van der Waals surface area contributed by atoms with Crippen LogP contribution in [0.2, 0.25) is 0 Å². The Hall–Kier alpha value is -1.84. The third-order valence-electron chi connectivity index (χ3n) is 4.36. The zero-order valence-corrected chi connectivity index (χ0v) is 16.8. The quantitative estimate of drug-likeness (QED) is 0.783. The SMILES string of the molecule is CCCC(C)NC(=O)C(NC(=O)c1ccc(C(C)(C)C)cc1)C(C)C. The molecule has 4 heteroatoms. The highest BCUT2D eigenvalue weighted by atomic mass is 16.2. The first-order chi connectivity index (χ1) is 11.6. The highest BCUT2D eigenvalue weighted by Gasteiger charge is 2.25. The van der Waals surface area contributed by atoms with Crippen molar-refractivity contribution in [1.82, 2.24) is 10.6 Å². The Bertz CT molecular complexity index is 571. The van der Waals surface area contributed by atoms with Gasteiger partial charge in [-0.15, -0.1) is 0 Å². The Morgan fingerprint density at radius 3 is 2.00 bits per heavy atom. The molecule has 25 heavy (non-hydrogen) atoms. The number of carbonyl (C=O) groups is 2. The van der Waals surface area contributed by atoms with E-state index in [1.54, 1.807) is 0 Å². The van der Waals surface area contributed by atoms with E-state index in [-0.39, 0.29) is 29.2 Å². The van der Waals surface area contributed by atoms with Gasteiger partial charge in [0.1, 0.15) is 6.04 Å². The second-order valence-corrected chi connectivity index (χ2v) is 8.22. The van der Waals surface area contributed by atoms with Crippen molar-refractivity contribution in [2.75, 3.05) is 0 Å². The number of rotatable bonds is 7. The molecule has 2 unspecified atom stereocenters. The summed E-state index contributed by atoms with van der Waals surface area (Å²) in [5, 5.41) is 5.88. The summed E-state index contributed by atoms with van der Waals surface area (Å²) in [6.45, 7) is 14.4. The van der Waals surface area contributed by atoms with Crippen LogP contribution in [-0.4, -0.2) is 23.9 Å². The number of carbonyl (C=O) groups excluding carboxylic acids is 2. The fourth-order valence-electron chi connectivity index (χ4n) is 2.72. The summed E-state index contributed by atoms with van der Waals surface area (Å²) >= 11 is 0. The summed E-state index contributed by atoms with van der Waals surface area (Å²) in [6.07, 6.45) is 1.94. The first-order valence-corrected chi connectivity index (χ1v) is 9.28. The van der Waals surface area contributed by atoms with Gasteiger partial charge in [0.25, 0.3) is 5.91 Å². The normalized spacial score (nSPS) is 14.1. The maximum Gasteiger partial charge on any atom is 0.251 e. The summed E-state index contributed by atoms with van der Waals surface area (Å²) in [7, 11) is 0. The Morgan fingerprint density at radius 2 is 1.56 bits per heavy atom. The minimum Gasteiger partial charge on any atom is -0.352 e. The van der Waals surface area contributed by atoms with Gasteiger partial charge >= 0.3 is 0 Å². The van der Waals surface area contributed by atoms with Crippen LogP contribution >= 0.6 is 0 Å². The van der Waals surface area contributed by atoms with Gasteiger partial charge < -0.3 is 10.6 Å². The van der Waals surface area contributed by atoms with E-state index in [2.05, 4.69) is 38.3 Å². The summed E-state index contributed by atoms with van der Waals surface area (Å²) in [6, 6.07) is 7.18. The summed E-state index contributed by atoms with van der Waals surface area (Å²) in [5.74, 6) is -0.306. The molecule has 4 nitrogen and oxygen atoms in total. The van der Waals surface area contributed by atoms with Crippen LogP contribution in [0.25, 0.3) is 0 Å². The van der Waals surface area contributed by atoms with E-state index in [1.807, 2.05) is 45.0 Å². The number of amides is 2. The molecule has 2 atom stereocenters. The molecule has 1 rings (SSSR count). The molecule has 2 amide bonds. The van der Waals surface area contributed by atoms with Gasteiger partial charge in [-0.1, -0.05) is 60.1 Å². The number of hydrogen-bond acceptors (Lipinski definition) is 2. The largest absolute Gasteiger partial charge is 0.352 e. The smallest absolute Gasteiger partial charge is 0.251 e.